The van der Waals surface area contributed by atoms with Gasteiger partial charge in [-0.3, -0.25) is 19.1 Å². The number of carbonyl (C=O) groups is 1. The van der Waals surface area contributed by atoms with Crippen LogP contribution < -0.4 is 5.56 Å². The largest absolute Gasteiger partial charge is 0.338 e. The lowest BCUT2D eigenvalue weighted by Crippen LogP contribution is -2.46. The zero-order chi connectivity index (χ0) is 17.7. The Kier molecular flexibility index (Phi) is 4.11. The van der Waals surface area contributed by atoms with Gasteiger partial charge in [0, 0.05) is 31.1 Å². The number of hydrogen-bond acceptors (Lipinski definition) is 4. The van der Waals surface area contributed by atoms with Crippen molar-refractivity contribution in [2.24, 2.45) is 5.92 Å². The molecule has 0 spiro atoms. The Hall–Kier alpha value is -1.69. The number of nitrogens with zero attached hydrogens (tertiary/aromatic N) is 4. The van der Waals surface area contributed by atoms with Gasteiger partial charge in [-0.2, -0.15) is 0 Å². The maximum atomic E-state index is 12.6. The normalized spacial score (nSPS) is 28.1. The van der Waals surface area contributed by atoms with Gasteiger partial charge in [-0.15, -0.1) is 0 Å². The highest BCUT2D eigenvalue weighted by Gasteiger charge is 2.43. The second-order valence-corrected chi connectivity index (χ2v) is 8.63. The fraction of sp³-hybridized carbons (Fsp3) is 0.750. The van der Waals surface area contributed by atoms with E-state index in [-0.39, 0.29) is 11.6 Å². The first-order chi connectivity index (χ1) is 12.7. The van der Waals surface area contributed by atoms with E-state index in [4.69, 9.17) is 0 Å². The summed E-state index contributed by atoms with van der Waals surface area (Å²) in [4.78, 5) is 33.9. The van der Waals surface area contributed by atoms with Gasteiger partial charge < -0.3 is 4.90 Å². The Labute approximate surface area is 154 Å². The maximum Gasteiger partial charge on any atom is 0.253 e. The average Bonchev–Trinajstić information content (AvgIpc) is 3.56. The van der Waals surface area contributed by atoms with Gasteiger partial charge in [-0.05, 0) is 64.0 Å². The molecule has 26 heavy (non-hydrogen) atoms. The van der Waals surface area contributed by atoms with E-state index in [1.807, 2.05) is 0 Å². The minimum atomic E-state index is 0.0929. The molecule has 6 nitrogen and oxygen atoms in total. The summed E-state index contributed by atoms with van der Waals surface area (Å²) in [5, 5.41) is 0. The van der Waals surface area contributed by atoms with Gasteiger partial charge in [0.25, 0.3) is 5.56 Å². The van der Waals surface area contributed by atoms with Crippen LogP contribution in [0.15, 0.2) is 17.2 Å². The molecule has 4 aliphatic rings. The van der Waals surface area contributed by atoms with E-state index in [1.165, 1.54) is 25.7 Å². The molecule has 6 heteroatoms. The van der Waals surface area contributed by atoms with Crippen LogP contribution in [0.3, 0.4) is 0 Å². The third-order valence-corrected chi connectivity index (χ3v) is 6.64. The summed E-state index contributed by atoms with van der Waals surface area (Å²) in [7, 11) is 0. The molecule has 0 radical (unpaired) electrons. The van der Waals surface area contributed by atoms with Crippen LogP contribution in [-0.2, 0) is 11.3 Å². The molecule has 1 unspecified atom stereocenters. The summed E-state index contributed by atoms with van der Waals surface area (Å²) in [5.74, 6) is 1.40. The molecule has 2 saturated heterocycles. The molecule has 0 aromatic carbocycles. The third-order valence-electron chi connectivity index (χ3n) is 6.64. The van der Waals surface area contributed by atoms with Crippen molar-refractivity contribution in [3.8, 4) is 0 Å². The van der Waals surface area contributed by atoms with E-state index in [0.29, 0.717) is 23.8 Å². The van der Waals surface area contributed by atoms with E-state index in [1.54, 1.807) is 17.0 Å². The van der Waals surface area contributed by atoms with E-state index in [0.717, 1.165) is 51.1 Å². The minimum Gasteiger partial charge on any atom is -0.338 e. The van der Waals surface area contributed by atoms with Crippen LogP contribution >= 0.6 is 0 Å². The Morgan fingerprint density at radius 3 is 2.38 bits per heavy atom. The van der Waals surface area contributed by atoms with Gasteiger partial charge in [0.05, 0.1) is 18.1 Å². The smallest absolute Gasteiger partial charge is 0.253 e. The zero-order valence-electron chi connectivity index (χ0n) is 15.3. The van der Waals surface area contributed by atoms with Gasteiger partial charge >= 0.3 is 0 Å². The lowest BCUT2D eigenvalue weighted by Gasteiger charge is -2.35. The van der Waals surface area contributed by atoms with Gasteiger partial charge in [0.1, 0.15) is 0 Å². The molecule has 0 N–H and O–H groups in total. The molecule has 4 fully saturated rings. The van der Waals surface area contributed by atoms with Crippen molar-refractivity contribution in [2.75, 3.05) is 19.6 Å². The van der Waals surface area contributed by atoms with Gasteiger partial charge in [0.2, 0.25) is 5.91 Å². The standard InChI is InChI=1S/C20H28N4O2/c25-19-11-17(15-1-2-15)21-13-23(19)12-14-5-8-22(9-6-14)18-7-10-24(20(18)26)16-3-4-16/h11,13-16,18H,1-10,12H2. The van der Waals surface area contributed by atoms with Crippen molar-refractivity contribution in [3.63, 3.8) is 0 Å². The first kappa shape index (κ1) is 16.5. The van der Waals surface area contributed by atoms with Crippen LogP contribution in [0.4, 0.5) is 0 Å². The molecule has 1 atom stereocenters. The lowest BCUT2D eigenvalue weighted by atomic mass is 9.95. The monoisotopic (exact) mass is 356 g/mol. The summed E-state index contributed by atoms with van der Waals surface area (Å²) in [6, 6.07) is 2.39. The number of carbonyl (C=O) groups excluding carboxylic acids is 1. The molecule has 0 bridgehead atoms. The Balaban J connectivity index is 1.16. The third kappa shape index (κ3) is 3.20. The van der Waals surface area contributed by atoms with Crippen molar-refractivity contribution < 1.29 is 4.79 Å². The van der Waals surface area contributed by atoms with Crippen molar-refractivity contribution in [3.05, 3.63) is 28.4 Å². The molecule has 3 heterocycles. The second kappa shape index (κ2) is 6.48. The first-order valence-electron chi connectivity index (χ1n) is 10.3. The van der Waals surface area contributed by atoms with Crippen LogP contribution in [0.25, 0.3) is 0 Å². The van der Waals surface area contributed by atoms with Gasteiger partial charge in [0.15, 0.2) is 0 Å². The van der Waals surface area contributed by atoms with E-state index in [9.17, 15) is 9.59 Å². The molecular formula is C20H28N4O2. The van der Waals surface area contributed by atoms with Crippen LogP contribution in [0, 0.1) is 5.92 Å². The topological polar surface area (TPSA) is 58.4 Å². The summed E-state index contributed by atoms with van der Waals surface area (Å²) in [6.45, 7) is 3.66. The highest BCUT2D eigenvalue weighted by molar-refractivity contribution is 5.84. The predicted octanol–water partition coefficient (Wildman–Crippen LogP) is 1.60. The fourth-order valence-corrected chi connectivity index (χ4v) is 4.68. The van der Waals surface area contributed by atoms with Crippen LogP contribution in [0.5, 0.6) is 0 Å². The molecule has 2 aliphatic carbocycles. The zero-order valence-corrected chi connectivity index (χ0v) is 15.3. The van der Waals surface area contributed by atoms with Crippen LogP contribution in [0.1, 0.15) is 56.6 Å². The highest BCUT2D eigenvalue weighted by atomic mass is 16.2. The summed E-state index contributed by atoms with van der Waals surface area (Å²) >= 11 is 0. The first-order valence-corrected chi connectivity index (χ1v) is 10.3. The van der Waals surface area contributed by atoms with Crippen LogP contribution in [0.2, 0.25) is 0 Å². The van der Waals surface area contributed by atoms with E-state index in [2.05, 4.69) is 14.8 Å². The molecule has 5 rings (SSSR count). The van der Waals surface area contributed by atoms with E-state index < -0.39 is 0 Å². The Bertz CT molecular complexity index is 744. The predicted molar refractivity (Wildman–Crippen MR) is 97.9 cm³/mol. The quantitative estimate of drug-likeness (QED) is 0.804. The van der Waals surface area contributed by atoms with E-state index >= 15 is 0 Å². The molecule has 1 aromatic rings. The SMILES string of the molecule is O=C1C(N2CCC(Cn3cnc(C4CC4)cc3=O)CC2)CCN1C1CC1. The molecule has 1 amide bonds. The minimum absolute atomic E-state index is 0.0929. The van der Waals surface area contributed by atoms with Crippen molar-refractivity contribution >= 4 is 5.91 Å². The molecular weight excluding hydrogens is 328 g/mol. The van der Waals surface area contributed by atoms with Gasteiger partial charge in [-0.25, -0.2) is 4.98 Å². The number of hydrogen-bond donors (Lipinski definition) is 0. The van der Waals surface area contributed by atoms with Crippen LogP contribution in [-0.4, -0.2) is 57.0 Å². The van der Waals surface area contributed by atoms with Crippen molar-refractivity contribution in [1.29, 1.82) is 0 Å². The number of rotatable bonds is 5. The molecule has 1 aromatic heterocycles. The van der Waals surface area contributed by atoms with Crippen molar-refractivity contribution in [2.45, 2.75) is 69.5 Å². The maximum absolute atomic E-state index is 12.6. The second-order valence-electron chi connectivity index (χ2n) is 8.63. The Morgan fingerprint density at radius 2 is 1.73 bits per heavy atom. The van der Waals surface area contributed by atoms with Gasteiger partial charge in [-0.1, -0.05) is 0 Å². The Morgan fingerprint density at radius 1 is 0.962 bits per heavy atom. The number of amides is 1. The fourth-order valence-electron chi connectivity index (χ4n) is 4.68. The lowest BCUT2D eigenvalue weighted by molar-refractivity contribution is -0.133. The molecule has 2 aliphatic heterocycles. The van der Waals surface area contributed by atoms with Crippen molar-refractivity contribution in [1.82, 2.24) is 19.4 Å². The number of piperidine rings is 1. The molecule has 2 saturated carbocycles. The molecule has 140 valence electrons. The number of likely N-dealkylation sites (tertiary alicyclic amines) is 2. The summed E-state index contributed by atoms with van der Waals surface area (Å²) < 4.78 is 1.78. The highest BCUT2D eigenvalue weighted by Crippen LogP contribution is 2.38. The summed E-state index contributed by atoms with van der Waals surface area (Å²) in [5.41, 5.74) is 1.07. The average molecular weight is 356 g/mol. The summed E-state index contributed by atoms with van der Waals surface area (Å²) in [6.07, 6.45) is 9.60. The number of aromatic nitrogens is 2.